The highest BCUT2D eigenvalue weighted by Crippen LogP contribution is 2.42. The van der Waals surface area contributed by atoms with Gasteiger partial charge in [-0.3, -0.25) is 29.8 Å². The lowest BCUT2D eigenvalue weighted by Crippen LogP contribution is -2.22. The van der Waals surface area contributed by atoms with E-state index in [9.17, 15) is 19.2 Å². The number of nitrogens with one attached hydrogen (secondary N) is 2. The zero-order valence-corrected chi connectivity index (χ0v) is 29.4. The third-order valence-corrected chi connectivity index (χ3v) is 11.4. The van der Waals surface area contributed by atoms with Crippen LogP contribution in [0.1, 0.15) is 58.1 Å². The Balaban J connectivity index is 0.000000138. The SMILES string of the molecule is O=C1NC(=O)C(c2ccccc2Cl)=C1c1cc2c3c(ccn3CCC2)c1.O=C1NC(=O)[C@@H](c2ccccc2Cl)[C@@H]1c1cc2c3c(ccn3CCC2)c1. The number of carbonyl (C=O) groups excluding carboxylic acids is 4. The van der Waals surface area contributed by atoms with E-state index in [0.717, 1.165) is 60.7 Å². The number of carbonyl (C=O) groups is 4. The predicted molar refractivity (Wildman–Crippen MR) is 202 cm³/mol. The number of imide groups is 2. The summed E-state index contributed by atoms with van der Waals surface area (Å²) < 4.78 is 4.52. The summed E-state index contributed by atoms with van der Waals surface area (Å²) in [5.41, 5.74) is 8.63. The van der Waals surface area contributed by atoms with E-state index in [1.54, 1.807) is 24.3 Å². The summed E-state index contributed by atoms with van der Waals surface area (Å²) in [7, 11) is 0. The van der Waals surface area contributed by atoms with Crippen molar-refractivity contribution in [3.63, 3.8) is 0 Å². The molecule has 52 heavy (non-hydrogen) atoms. The fraction of sp³-hybridized carbons (Fsp3) is 0.190. The molecule has 1 fully saturated rings. The molecule has 0 saturated carbocycles. The van der Waals surface area contributed by atoms with Gasteiger partial charge < -0.3 is 9.13 Å². The summed E-state index contributed by atoms with van der Waals surface area (Å²) in [4.78, 5) is 50.3. The van der Waals surface area contributed by atoms with Gasteiger partial charge in [-0.05, 0) is 96.0 Å². The predicted octanol–water partition coefficient (Wildman–Crippen LogP) is 7.57. The van der Waals surface area contributed by atoms with E-state index in [-0.39, 0.29) is 17.7 Å². The van der Waals surface area contributed by atoms with Crippen molar-refractivity contribution in [2.75, 3.05) is 0 Å². The molecule has 0 unspecified atom stereocenters. The van der Waals surface area contributed by atoms with Crippen molar-refractivity contribution in [3.05, 3.63) is 141 Å². The highest BCUT2D eigenvalue weighted by Gasteiger charge is 2.44. The quantitative estimate of drug-likeness (QED) is 0.183. The molecule has 6 aromatic rings. The smallest absolute Gasteiger partial charge is 0.259 e. The molecule has 8 nitrogen and oxygen atoms in total. The molecule has 4 amide bonds. The standard InChI is InChI=1S/C21H17ClN2O2.C21H15ClN2O2/c2*22-16-6-2-1-5-15(16)18-17(20(25)23-21(18)26)14-10-12-4-3-8-24-9-7-13(11-14)19(12)24/h1-2,5-7,9-11,17-18H,3-4,8H2,(H,23,25,26);1-2,5-7,9-11H,3-4,8H2,(H,23,25,26)/t17-,18-;/m0./s1. The molecule has 4 aromatic carbocycles. The number of benzene rings is 4. The Morgan fingerprint density at radius 1 is 0.596 bits per heavy atom. The number of hydrogen-bond donors (Lipinski definition) is 2. The van der Waals surface area contributed by atoms with Gasteiger partial charge in [0.15, 0.2) is 0 Å². The molecule has 2 aromatic heterocycles. The Hall–Kier alpha value is -5.44. The summed E-state index contributed by atoms with van der Waals surface area (Å²) in [6.07, 6.45) is 8.31. The minimum Gasteiger partial charge on any atom is -0.347 e. The number of rotatable bonds is 4. The van der Waals surface area contributed by atoms with E-state index in [1.807, 2.05) is 42.5 Å². The van der Waals surface area contributed by atoms with E-state index >= 15 is 0 Å². The molecule has 10 rings (SSSR count). The topological polar surface area (TPSA) is 102 Å². The van der Waals surface area contributed by atoms with Gasteiger partial charge in [0.2, 0.25) is 11.8 Å². The fourth-order valence-electron chi connectivity index (χ4n) is 8.49. The third-order valence-electron chi connectivity index (χ3n) is 10.7. The zero-order valence-electron chi connectivity index (χ0n) is 27.9. The molecular formula is C42H32Cl2N4O4. The van der Waals surface area contributed by atoms with Gasteiger partial charge >= 0.3 is 0 Å². The third kappa shape index (κ3) is 5.28. The number of aromatic nitrogens is 2. The fourth-order valence-corrected chi connectivity index (χ4v) is 8.97. The average molecular weight is 728 g/mol. The number of hydrogen-bond acceptors (Lipinski definition) is 4. The van der Waals surface area contributed by atoms with Crippen molar-refractivity contribution in [2.45, 2.75) is 50.6 Å². The molecule has 0 spiro atoms. The maximum atomic E-state index is 12.7. The Kier molecular flexibility index (Phi) is 7.90. The van der Waals surface area contributed by atoms with Crippen LogP contribution in [0.15, 0.2) is 97.3 Å². The lowest BCUT2D eigenvalue weighted by Gasteiger charge is -2.21. The molecule has 2 N–H and O–H groups in total. The maximum absolute atomic E-state index is 12.7. The highest BCUT2D eigenvalue weighted by molar-refractivity contribution is 6.50. The first-order chi connectivity index (χ1) is 25.3. The van der Waals surface area contributed by atoms with Crippen LogP contribution >= 0.6 is 23.2 Å². The van der Waals surface area contributed by atoms with Crippen LogP contribution in [-0.2, 0) is 45.1 Å². The first-order valence-corrected chi connectivity index (χ1v) is 18.2. The molecule has 2 atom stereocenters. The van der Waals surface area contributed by atoms with E-state index in [4.69, 9.17) is 23.2 Å². The van der Waals surface area contributed by atoms with Crippen molar-refractivity contribution in [3.8, 4) is 0 Å². The molecule has 4 aliphatic heterocycles. The lowest BCUT2D eigenvalue weighted by atomic mass is 9.82. The maximum Gasteiger partial charge on any atom is 0.259 e. The lowest BCUT2D eigenvalue weighted by molar-refractivity contribution is -0.126. The van der Waals surface area contributed by atoms with Crippen molar-refractivity contribution in [1.29, 1.82) is 0 Å². The second-order valence-corrected chi connectivity index (χ2v) is 14.6. The number of amides is 4. The molecule has 0 aliphatic carbocycles. The highest BCUT2D eigenvalue weighted by atomic mass is 35.5. The van der Waals surface area contributed by atoms with E-state index in [0.29, 0.717) is 32.3 Å². The number of aryl methyl sites for hydroxylation is 4. The van der Waals surface area contributed by atoms with Crippen molar-refractivity contribution < 1.29 is 19.2 Å². The number of nitrogens with zero attached hydrogens (tertiary/aromatic N) is 2. The van der Waals surface area contributed by atoms with Crippen LogP contribution < -0.4 is 10.6 Å². The minimum absolute atomic E-state index is 0.248. The van der Waals surface area contributed by atoms with E-state index < -0.39 is 17.7 Å². The van der Waals surface area contributed by atoms with Gasteiger partial charge in [0, 0.05) is 51.9 Å². The Labute approximate surface area is 309 Å². The minimum atomic E-state index is -0.591. The Morgan fingerprint density at radius 2 is 1.19 bits per heavy atom. The van der Waals surface area contributed by atoms with Crippen molar-refractivity contribution in [2.24, 2.45) is 0 Å². The summed E-state index contributed by atoms with van der Waals surface area (Å²) in [5, 5.41) is 8.13. The Morgan fingerprint density at radius 3 is 1.88 bits per heavy atom. The monoisotopic (exact) mass is 726 g/mol. The molecule has 6 heterocycles. The second-order valence-electron chi connectivity index (χ2n) is 13.8. The second kappa shape index (κ2) is 12.7. The number of halogens is 2. The molecular weight excluding hydrogens is 695 g/mol. The summed E-state index contributed by atoms with van der Waals surface area (Å²) in [6, 6.07) is 26.7. The van der Waals surface area contributed by atoms with Crippen molar-refractivity contribution in [1.82, 2.24) is 19.8 Å². The van der Waals surface area contributed by atoms with Crippen LogP contribution in [0.3, 0.4) is 0 Å². The van der Waals surface area contributed by atoms with Gasteiger partial charge in [-0.1, -0.05) is 65.7 Å². The average Bonchev–Trinajstić information content (AvgIpc) is 3.90. The van der Waals surface area contributed by atoms with Gasteiger partial charge in [0.05, 0.1) is 34.0 Å². The van der Waals surface area contributed by atoms with Gasteiger partial charge in [0.1, 0.15) is 0 Å². The first kappa shape index (κ1) is 32.5. The van der Waals surface area contributed by atoms with E-state index in [2.05, 4.69) is 50.4 Å². The molecule has 10 heteroatoms. The van der Waals surface area contributed by atoms with E-state index in [1.165, 1.54) is 22.2 Å². The molecule has 0 bridgehead atoms. The van der Waals surface area contributed by atoms with Crippen LogP contribution in [0.4, 0.5) is 0 Å². The first-order valence-electron chi connectivity index (χ1n) is 17.4. The largest absolute Gasteiger partial charge is 0.347 e. The van der Waals surface area contributed by atoms with Gasteiger partial charge in [-0.15, -0.1) is 0 Å². The molecule has 4 aliphatic rings. The van der Waals surface area contributed by atoms with Crippen LogP contribution in [-0.4, -0.2) is 32.8 Å². The summed E-state index contributed by atoms with van der Waals surface area (Å²) in [6.45, 7) is 2.04. The molecule has 0 radical (unpaired) electrons. The van der Waals surface area contributed by atoms with Gasteiger partial charge in [-0.2, -0.15) is 0 Å². The van der Waals surface area contributed by atoms with Crippen LogP contribution in [0.5, 0.6) is 0 Å². The van der Waals surface area contributed by atoms with Crippen LogP contribution in [0, 0.1) is 0 Å². The summed E-state index contributed by atoms with van der Waals surface area (Å²) in [5.74, 6) is -2.43. The van der Waals surface area contributed by atoms with Crippen LogP contribution in [0.25, 0.3) is 33.0 Å². The molecule has 258 valence electrons. The molecule has 1 saturated heterocycles. The van der Waals surface area contributed by atoms with Crippen LogP contribution in [0.2, 0.25) is 10.0 Å². The summed E-state index contributed by atoms with van der Waals surface area (Å²) >= 11 is 12.6. The van der Waals surface area contributed by atoms with Gasteiger partial charge in [0.25, 0.3) is 11.8 Å². The zero-order chi connectivity index (χ0) is 35.7. The van der Waals surface area contributed by atoms with Crippen molar-refractivity contribution >= 4 is 79.8 Å². The Bertz CT molecular complexity index is 2560. The normalized spacial score (nSPS) is 19.3. The van der Waals surface area contributed by atoms with Gasteiger partial charge in [-0.25, -0.2) is 0 Å².